The molecule has 1 N–H and O–H groups in total. The highest BCUT2D eigenvalue weighted by Gasteiger charge is 2.22. The van der Waals surface area contributed by atoms with E-state index in [0.29, 0.717) is 0 Å². The van der Waals surface area contributed by atoms with Crippen LogP contribution in [0.5, 0.6) is 0 Å². The maximum atomic E-state index is 11.6. The predicted molar refractivity (Wildman–Crippen MR) is 69.6 cm³/mol. The smallest absolute Gasteiger partial charge is 0.223 e. The van der Waals surface area contributed by atoms with E-state index in [4.69, 9.17) is 0 Å². The highest BCUT2D eigenvalue weighted by atomic mass is 16.2. The number of nitrogens with one attached hydrogen (secondary N) is 1. The molecular formula is C14H18N2O. The van der Waals surface area contributed by atoms with Crippen LogP contribution in [0.3, 0.4) is 0 Å². The van der Waals surface area contributed by atoms with Crippen molar-refractivity contribution >= 4 is 17.3 Å². The fraction of sp³-hybridized carbons (Fsp3) is 0.500. The van der Waals surface area contributed by atoms with Crippen molar-refractivity contribution in [3.63, 3.8) is 0 Å². The highest BCUT2D eigenvalue weighted by Crippen LogP contribution is 2.34. The number of carbonyl (C=O) groups excluding carboxylic acids is 1. The Morgan fingerprint density at radius 2 is 2.06 bits per heavy atom. The Hall–Kier alpha value is -1.51. The lowest BCUT2D eigenvalue weighted by molar-refractivity contribution is -0.116. The first-order valence-corrected chi connectivity index (χ1v) is 6.43. The molecule has 0 saturated carbocycles. The van der Waals surface area contributed by atoms with Gasteiger partial charge in [-0.15, -0.1) is 0 Å². The monoisotopic (exact) mass is 230 g/mol. The fourth-order valence-corrected chi connectivity index (χ4v) is 2.88. The zero-order valence-electron chi connectivity index (χ0n) is 10.3. The summed E-state index contributed by atoms with van der Waals surface area (Å²) in [5, 5.41) is 3.45. The first-order chi connectivity index (χ1) is 8.25. The lowest BCUT2D eigenvalue weighted by Gasteiger charge is -2.31. The number of nitrogens with zero attached hydrogens (tertiary/aromatic N) is 1. The number of amides is 1. The number of hydrogen-bond donors (Lipinski definition) is 1. The van der Waals surface area contributed by atoms with E-state index in [1.807, 2.05) is 4.90 Å². The Kier molecular flexibility index (Phi) is 2.54. The van der Waals surface area contributed by atoms with Gasteiger partial charge >= 0.3 is 0 Å². The summed E-state index contributed by atoms with van der Waals surface area (Å²) < 4.78 is 0. The van der Waals surface area contributed by atoms with Gasteiger partial charge in [0.05, 0.1) is 0 Å². The molecule has 1 amide bonds. The average Bonchev–Trinajstić information content (AvgIpc) is 2.35. The van der Waals surface area contributed by atoms with Crippen molar-refractivity contribution in [2.24, 2.45) is 0 Å². The molecule has 2 aliphatic rings. The standard InChI is InChI=1S/C14H18N2O/c1-10(17)16-7-3-5-12-8-13-11(9-14(12)16)4-2-6-15-13/h8-9,15H,2-7H2,1H3. The van der Waals surface area contributed by atoms with Crippen molar-refractivity contribution in [3.05, 3.63) is 23.3 Å². The van der Waals surface area contributed by atoms with Crippen molar-refractivity contribution in [3.8, 4) is 0 Å². The maximum absolute atomic E-state index is 11.6. The Balaban J connectivity index is 2.07. The van der Waals surface area contributed by atoms with E-state index in [2.05, 4.69) is 17.4 Å². The molecule has 3 rings (SSSR count). The van der Waals surface area contributed by atoms with Crippen LogP contribution in [0.25, 0.3) is 0 Å². The largest absolute Gasteiger partial charge is 0.385 e. The molecule has 0 spiro atoms. The van der Waals surface area contributed by atoms with Crippen molar-refractivity contribution in [2.75, 3.05) is 23.3 Å². The van der Waals surface area contributed by atoms with E-state index in [-0.39, 0.29) is 5.91 Å². The third-order valence-electron chi connectivity index (χ3n) is 3.74. The lowest BCUT2D eigenvalue weighted by Crippen LogP contribution is -2.33. The van der Waals surface area contributed by atoms with E-state index < -0.39 is 0 Å². The third kappa shape index (κ3) is 1.79. The number of rotatable bonds is 0. The number of fused-ring (bicyclic) bond motifs is 2. The molecule has 0 saturated heterocycles. The molecular weight excluding hydrogens is 212 g/mol. The molecule has 3 heteroatoms. The molecule has 2 heterocycles. The summed E-state index contributed by atoms with van der Waals surface area (Å²) in [5.41, 5.74) is 5.11. The Morgan fingerprint density at radius 3 is 2.88 bits per heavy atom. The zero-order valence-corrected chi connectivity index (χ0v) is 10.3. The molecule has 0 fully saturated rings. The molecule has 3 nitrogen and oxygen atoms in total. The third-order valence-corrected chi connectivity index (χ3v) is 3.74. The van der Waals surface area contributed by atoms with E-state index in [1.165, 1.54) is 23.2 Å². The fourth-order valence-electron chi connectivity index (χ4n) is 2.88. The van der Waals surface area contributed by atoms with Gasteiger partial charge in [0.15, 0.2) is 0 Å². The maximum Gasteiger partial charge on any atom is 0.223 e. The second kappa shape index (κ2) is 4.06. The van der Waals surface area contributed by atoms with Crippen LogP contribution >= 0.6 is 0 Å². The average molecular weight is 230 g/mol. The van der Waals surface area contributed by atoms with Gasteiger partial charge in [-0.1, -0.05) is 0 Å². The topological polar surface area (TPSA) is 32.3 Å². The molecule has 17 heavy (non-hydrogen) atoms. The van der Waals surface area contributed by atoms with Crippen molar-refractivity contribution in [1.29, 1.82) is 0 Å². The zero-order chi connectivity index (χ0) is 11.8. The summed E-state index contributed by atoms with van der Waals surface area (Å²) in [5.74, 6) is 0.162. The number of anilines is 2. The van der Waals surface area contributed by atoms with Gasteiger partial charge in [-0.2, -0.15) is 0 Å². The van der Waals surface area contributed by atoms with Gasteiger partial charge < -0.3 is 10.2 Å². The van der Waals surface area contributed by atoms with Crippen LogP contribution in [0.1, 0.15) is 30.9 Å². The Morgan fingerprint density at radius 1 is 1.24 bits per heavy atom. The quantitative estimate of drug-likeness (QED) is 0.742. The van der Waals surface area contributed by atoms with Crippen molar-refractivity contribution < 1.29 is 4.79 Å². The van der Waals surface area contributed by atoms with Gasteiger partial charge in [-0.25, -0.2) is 0 Å². The minimum Gasteiger partial charge on any atom is -0.385 e. The Labute approximate surface area is 102 Å². The molecule has 0 unspecified atom stereocenters. The summed E-state index contributed by atoms with van der Waals surface area (Å²) in [7, 11) is 0. The Bertz CT molecular complexity index is 468. The van der Waals surface area contributed by atoms with E-state index >= 15 is 0 Å². The van der Waals surface area contributed by atoms with Gasteiger partial charge in [0.25, 0.3) is 0 Å². The number of carbonyl (C=O) groups is 1. The molecule has 0 bridgehead atoms. The summed E-state index contributed by atoms with van der Waals surface area (Å²) in [6, 6.07) is 4.47. The number of benzene rings is 1. The van der Waals surface area contributed by atoms with Crippen LogP contribution in [0, 0.1) is 0 Å². The van der Waals surface area contributed by atoms with Crippen LogP contribution in [0.4, 0.5) is 11.4 Å². The molecule has 0 aliphatic carbocycles. The molecule has 90 valence electrons. The molecule has 0 radical (unpaired) electrons. The SMILES string of the molecule is CC(=O)N1CCCc2cc3c(cc21)CCCN3. The molecule has 1 aromatic rings. The van der Waals surface area contributed by atoms with Crippen LogP contribution in [0.2, 0.25) is 0 Å². The van der Waals surface area contributed by atoms with E-state index in [0.717, 1.165) is 38.0 Å². The normalized spacial score (nSPS) is 18.1. The van der Waals surface area contributed by atoms with Crippen LogP contribution in [0.15, 0.2) is 12.1 Å². The van der Waals surface area contributed by atoms with Gasteiger partial charge in [-0.05, 0) is 48.9 Å². The van der Waals surface area contributed by atoms with Crippen molar-refractivity contribution in [2.45, 2.75) is 32.6 Å². The van der Waals surface area contributed by atoms with Crippen LogP contribution in [-0.4, -0.2) is 19.0 Å². The second-order valence-electron chi connectivity index (χ2n) is 4.94. The van der Waals surface area contributed by atoms with E-state index in [9.17, 15) is 4.79 Å². The number of aryl methyl sites for hydroxylation is 2. The minimum atomic E-state index is 0.162. The first-order valence-electron chi connectivity index (χ1n) is 6.43. The van der Waals surface area contributed by atoms with Crippen LogP contribution in [-0.2, 0) is 17.6 Å². The van der Waals surface area contributed by atoms with Crippen LogP contribution < -0.4 is 10.2 Å². The summed E-state index contributed by atoms with van der Waals surface area (Å²) in [6.07, 6.45) is 4.48. The molecule has 1 aromatic carbocycles. The van der Waals surface area contributed by atoms with Gasteiger partial charge in [0, 0.05) is 31.4 Å². The van der Waals surface area contributed by atoms with Gasteiger partial charge in [-0.3, -0.25) is 4.79 Å². The summed E-state index contributed by atoms with van der Waals surface area (Å²) >= 11 is 0. The summed E-state index contributed by atoms with van der Waals surface area (Å²) in [6.45, 7) is 3.60. The lowest BCUT2D eigenvalue weighted by atomic mass is 9.94. The van der Waals surface area contributed by atoms with Crippen molar-refractivity contribution in [1.82, 2.24) is 0 Å². The minimum absolute atomic E-state index is 0.162. The predicted octanol–water partition coefficient (Wildman–Crippen LogP) is 2.34. The molecule has 0 aromatic heterocycles. The van der Waals surface area contributed by atoms with Gasteiger partial charge in [0.2, 0.25) is 5.91 Å². The highest BCUT2D eigenvalue weighted by molar-refractivity contribution is 5.93. The second-order valence-corrected chi connectivity index (χ2v) is 4.94. The van der Waals surface area contributed by atoms with Gasteiger partial charge in [0.1, 0.15) is 0 Å². The van der Waals surface area contributed by atoms with E-state index in [1.54, 1.807) is 6.92 Å². The molecule has 0 atom stereocenters. The summed E-state index contributed by atoms with van der Waals surface area (Å²) in [4.78, 5) is 13.6. The molecule has 2 aliphatic heterocycles. The first kappa shape index (κ1) is 10.6. The number of hydrogen-bond acceptors (Lipinski definition) is 2.